The number of hydrogen-bond acceptors (Lipinski definition) is 2. The van der Waals surface area contributed by atoms with Crippen molar-refractivity contribution in [2.24, 2.45) is 0 Å². The van der Waals surface area contributed by atoms with Crippen LogP contribution in [0.15, 0.2) is 29.9 Å². The fourth-order valence-corrected chi connectivity index (χ4v) is 3.07. The first kappa shape index (κ1) is 12.2. The van der Waals surface area contributed by atoms with Gasteiger partial charge in [0.2, 0.25) is 0 Å². The molecule has 0 aliphatic heterocycles. The van der Waals surface area contributed by atoms with Gasteiger partial charge >= 0.3 is 0 Å². The van der Waals surface area contributed by atoms with Gasteiger partial charge in [-0.05, 0) is 38.5 Å². The van der Waals surface area contributed by atoms with Gasteiger partial charge in [-0.25, -0.2) is 4.98 Å². The fraction of sp³-hybridized carbons (Fsp3) is 0.188. The molecule has 3 heteroatoms. The number of thiazole rings is 1. The number of fused-ring (bicyclic) bond motifs is 1. The summed E-state index contributed by atoms with van der Waals surface area (Å²) in [6.45, 7) is 6.35. The summed E-state index contributed by atoms with van der Waals surface area (Å²) in [5.74, 6) is 0. The zero-order valence-corrected chi connectivity index (χ0v) is 12.1. The van der Waals surface area contributed by atoms with Gasteiger partial charge < -0.3 is 4.98 Å². The van der Waals surface area contributed by atoms with Crippen molar-refractivity contribution < 1.29 is 0 Å². The van der Waals surface area contributed by atoms with Crippen molar-refractivity contribution in [3.63, 3.8) is 0 Å². The minimum absolute atomic E-state index is 1.07. The molecule has 1 aromatic carbocycles. The predicted octanol–water partition coefficient (Wildman–Crippen LogP) is 3.28. The molecular formula is C16H16N2S. The van der Waals surface area contributed by atoms with Crippen LogP contribution in [0.2, 0.25) is 0 Å². The minimum atomic E-state index is 1.07. The highest BCUT2D eigenvalue weighted by Crippen LogP contribution is 2.23. The first-order chi connectivity index (χ1) is 9.20. The van der Waals surface area contributed by atoms with Gasteiger partial charge in [0.15, 0.2) is 0 Å². The molecule has 1 N–H and O–H groups in total. The largest absolute Gasteiger partial charge is 0.361 e. The number of aromatic nitrogens is 2. The first-order valence-electron chi connectivity index (χ1n) is 6.35. The monoisotopic (exact) mass is 268 g/mol. The Morgan fingerprint density at radius 1 is 1.32 bits per heavy atom. The van der Waals surface area contributed by atoms with E-state index in [1.165, 1.54) is 32.0 Å². The molecule has 0 spiro atoms. The molecule has 0 unspecified atom stereocenters. The molecule has 2 aromatic heterocycles. The lowest BCUT2D eigenvalue weighted by Crippen LogP contribution is -2.25. The maximum atomic E-state index is 4.40. The van der Waals surface area contributed by atoms with Gasteiger partial charge in [-0.3, -0.25) is 0 Å². The molecular weight excluding hydrogens is 252 g/mol. The van der Waals surface area contributed by atoms with Crippen molar-refractivity contribution in [3.8, 4) is 11.1 Å². The number of H-pyrrole nitrogens is 1. The third kappa shape index (κ3) is 2.00. The Bertz CT molecular complexity index is 848. The molecule has 0 atom stereocenters. The molecule has 2 heterocycles. The molecule has 0 saturated heterocycles. The first-order valence-corrected chi connectivity index (χ1v) is 7.23. The Balaban J connectivity index is 2.30. The highest BCUT2D eigenvalue weighted by molar-refractivity contribution is 7.16. The van der Waals surface area contributed by atoms with Crippen LogP contribution < -0.4 is 10.6 Å². The lowest BCUT2D eigenvalue weighted by Gasteiger charge is -1.98. The van der Waals surface area contributed by atoms with Crippen LogP contribution in [-0.4, -0.2) is 9.97 Å². The van der Waals surface area contributed by atoms with Crippen molar-refractivity contribution in [1.29, 1.82) is 0 Å². The van der Waals surface area contributed by atoms with E-state index in [-0.39, 0.29) is 0 Å². The van der Waals surface area contributed by atoms with Crippen molar-refractivity contribution in [3.05, 3.63) is 40.5 Å². The maximum absolute atomic E-state index is 4.40. The second-order valence-corrected chi connectivity index (χ2v) is 5.70. The third-order valence-electron chi connectivity index (χ3n) is 3.35. The summed E-state index contributed by atoms with van der Waals surface area (Å²) < 4.78 is 1.24. The average molecular weight is 268 g/mol. The standard InChI is InChI=1S/C16H16N2S/c1-4-12-13(8-17-16(12)10(2)3)11-5-6-15-14(7-11)18-9-19-15/h4-9,17H,1-3H3. The Kier molecular flexibility index (Phi) is 2.99. The van der Waals surface area contributed by atoms with E-state index in [1.807, 2.05) is 5.51 Å². The molecule has 0 radical (unpaired) electrons. The van der Waals surface area contributed by atoms with Crippen molar-refractivity contribution in [1.82, 2.24) is 9.97 Å². The summed E-state index contributed by atoms with van der Waals surface area (Å²) in [6, 6.07) is 6.49. The Hall–Kier alpha value is -1.87. The topological polar surface area (TPSA) is 28.7 Å². The van der Waals surface area contributed by atoms with Gasteiger partial charge in [0, 0.05) is 22.3 Å². The van der Waals surface area contributed by atoms with Crippen molar-refractivity contribution >= 4 is 33.2 Å². The van der Waals surface area contributed by atoms with Gasteiger partial charge in [-0.1, -0.05) is 17.7 Å². The lowest BCUT2D eigenvalue weighted by atomic mass is 10.1. The predicted molar refractivity (Wildman–Crippen MR) is 83.6 cm³/mol. The Morgan fingerprint density at radius 2 is 2.16 bits per heavy atom. The number of nitrogens with one attached hydrogen (secondary N) is 1. The van der Waals surface area contributed by atoms with Crippen LogP contribution in [0.1, 0.15) is 20.8 Å². The molecule has 0 bridgehead atoms. The lowest BCUT2D eigenvalue weighted by molar-refractivity contribution is 1.27. The zero-order chi connectivity index (χ0) is 13.4. The fourth-order valence-electron chi connectivity index (χ4n) is 2.41. The summed E-state index contributed by atoms with van der Waals surface area (Å²) in [5.41, 5.74) is 6.73. The van der Waals surface area contributed by atoms with E-state index in [1.54, 1.807) is 11.3 Å². The van der Waals surface area contributed by atoms with Crippen LogP contribution in [-0.2, 0) is 0 Å². The van der Waals surface area contributed by atoms with Gasteiger partial charge in [0.05, 0.1) is 15.7 Å². The van der Waals surface area contributed by atoms with Crippen LogP contribution in [0, 0.1) is 0 Å². The molecule has 96 valence electrons. The third-order valence-corrected chi connectivity index (χ3v) is 4.16. The normalized spacial score (nSPS) is 12.3. The summed E-state index contributed by atoms with van der Waals surface area (Å²) in [4.78, 5) is 7.77. The average Bonchev–Trinajstić information content (AvgIpc) is 3.03. The zero-order valence-electron chi connectivity index (χ0n) is 11.3. The van der Waals surface area contributed by atoms with E-state index in [0.717, 1.165) is 5.52 Å². The number of hydrogen-bond donors (Lipinski definition) is 1. The van der Waals surface area contributed by atoms with Gasteiger partial charge in [0.1, 0.15) is 0 Å². The number of nitrogens with zero attached hydrogens (tertiary/aromatic N) is 1. The van der Waals surface area contributed by atoms with Crippen molar-refractivity contribution in [2.75, 3.05) is 0 Å². The molecule has 3 aromatic rings. The molecule has 19 heavy (non-hydrogen) atoms. The van der Waals surface area contributed by atoms with Crippen molar-refractivity contribution in [2.45, 2.75) is 20.8 Å². The second kappa shape index (κ2) is 4.67. The summed E-state index contributed by atoms with van der Waals surface area (Å²) >= 11 is 1.68. The van der Waals surface area contributed by atoms with Crippen LogP contribution in [0.5, 0.6) is 0 Å². The van der Waals surface area contributed by atoms with E-state index in [9.17, 15) is 0 Å². The Morgan fingerprint density at radius 3 is 2.89 bits per heavy atom. The smallest absolute Gasteiger partial charge is 0.0818 e. The highest BCUT2D eigenvalue weighted by atomic mass is 32.1. The van der Waals surface area contributed by atoms with Crippen LogP contribution in [0.4, 0.5) is 0 Å². The van der Waals surface area contributed by atoms with E-state index in [2.05, 4.69) is 61.2 Å². The maximum Gasteiger partial charge on any atom is 0.0818 e. The SMILES string of the molecule is CC=c1c(-c2ccc3scnc3c2)c[nH]c1=C(C)C. The van der Waals surface area contributed by atoms with Gasteiger partial charge in [0.25, 0.3) is 0 Å². The summed E-state index contributed by atoms with van der Waals surface area (Å²) in [7, 11) is 0. The number of benzene rings is 1. The van der Waals surface area contributed by atoms with E-state index in [0.29, 0.717) is 0 Å². The minimum Gasteiger partial charge on any atom is -0.361 e. The number of aromatic amines is 1. The Labute approximate surface area is 116 Å². The molecule has 3 rings (SSSR count). The molecule has 0 aliphatic carbocycles. The second-order valence-electron chi connectivity index (χ2n) is 4.81. The molecule has 0 fully saturated rings. The van der Waals surface area contributed by atoms with E-state index < -0.39 is 0 Å². The van der Waals surface area contributed by atoms with Gasteiger partial charge in [-0.2, -0.15) is 0 Å². The molecule has 0 aliphatic rings. The van der Waals surface area contributed by atoms with Crippen LogP contribution >= 0.6 is 11.3 Å². The van der Waals surface area contributed by atoms with E-state index in [4.69, 9.17) is 0 Å². The highest BCUT2D eigenvalue weighted by Gasteiger charge is 2.05. The van der Waals surface area contributed by atoms with Crippen LogP contribution in [0.25, 0.3) is 33.0 Å². The number of rotatable bonds is 1. The van der Waals surface area contributed by atoms with Crippen LogP contribution in [0.3, 0.4) is 0 Å². The molecule has 0 amide bonds. The summed E-state index contributed by atoms with van der Waals surface area (Å²) in [6.07, 6.45) is 4.25. The quantitative estimate of drug-likeness (QED) is 0.721. The van der Waals surface area contributed by atoms with Gasteiger partial charge in [-0.15, -0.1) is 11.3 Å². The van der Waals surface area contributed by atoms with E-state index >= 15 is 0 Å². The summed E-state index contributed by atoms with van der Waals surface area (Å²) in [5, 5.41) is 2.49. The molecule has 2 nitrogen and oxygen atoms in total. The molecule has 0 saturated carbocycles.